The van der Waals surface area contributed by atoms with Crippen molar-refractivity contribution >= 4 is 10.9 Å². The molecular formula is C17H19N5O. The van der Waals surface area contributed by atoms with E-state index in [0.717, 1.165) is 37.1 Å². The van der Waals surface area contributed by atoms with Crippen molar-refractivity contribution in [3.8, 4) is 5.69 Å². The monoisotopic (exact) mass is 309 g/mol. The van der Waals surface area contributed by atoms with E-state index >= 15 is 0 Å². The third-order valence-electron chi connectivity index (χ3n) is 4.48. The lowest BCUT2D eigenvalue weighted by Gasteiger charge is -2.22. The number of nitrogens with zero attached hydrogens (tertiary/aromatic N) is 4. The maximum absolute atomic E-state index is 12.7. The van der Waals surface area contributed by atoms with Crippen molar-refractivity contribution in [2.75, 3.05) is 13.1 Å². The molecule has 0 radical (unpaired) electrons. The molecule has 0 saturated carbocycles. The third-order valence-corrected chi connectivity index (χ3v) is 4.48. The van der Waals surface area contributed by atoms with E-state index in [1.165, 1.54) is 0 Å². The molecule has 1 N–H and O–H groups in total. The zero-order valence-corrected chi connectivity index (χ0v) is 12.9. The minimum absolute atomic E-state index is 0.0526. The van der Waals surface area contributed by atoms with Crippen LogP contribution in [-0.4, -0.2) is 32.7 Å². The molecule has 118 valence electrons. The Bertz CT molecular complexity index is 862. The first-order chi connectivity index (χ1) is 11.3. The summed E-state index contributed by atoms with van der Waals surface area (Å²) in [6, 6.07) is 9.79. The molecular weight excluding hydrogens is 290 g/mol. The minimum atomic E-state index is -0.0526. The average Bonchev–Trinajstić information content (AvgIpc) is 3.04. The number of hydrogen-bond donors (Lipinski definition) is 1. The van der Waals surface area contributed by atoms with Gasteiger partial charge in [-0.15, -0.1) is 0 Å². The average molecular weight is 309 g/mol. The second-order valence-electron chi connectivity index (χ2n) is 6.02. The largest absolute Gasteiger partial charge is 0.317 e. The zero-order chi connectivity index (χ0) is 15.6. The summed E-state index contributed by atoms with van der Waals surface area (Å²) in [5.74, 6) is 0.517. The first-order valence-electron chi connectivity index (χ1n) is 8.03. The fourth-order valence-corrected chi connectivity index (χ4v) is 3.18. The lowest BCUT2D eigenvalue weighted by molar-refractivity contribution is 0.316. The Morgan fingerprint density at radius 3 is 2.65 bits per heavy atom. The maximum Gasteiger partial charge on any atom is 0.277 e. The number of hydrogen-bond acceptors (Lipinski definition) is 4. The predicted molar refractivity (Wildman–Crippen MR) is 88.7 cm³/mol. The number of aromatic nitrogens is 4. The molecule has 0 aliphatic carbocycles. The van der Waals surface area contributed by atoms with Crippen molar-refractivity contribution in [1.29, 1.82) is 0 Å². The normalized spacial score (nSPS) is 16.0. The summed E-state index contributed by atoms with van der Waals surface area (Å²) in [5, 5.41) is 12.7. The molecule has 0 bridgehead atoms. The fourth-order valence-electron chi connectivity index (χ4n) is 3.18. The third kappa shape index (κ3) is 2.66. The molecule has 2 aromatic heterocycles. The highest BCUT2D eigenvalue weighted by Crippen LogP contribution is 2.16. The van der Waals surface area contributed by atoms with E-state index in [9.17, 15) is 4.79 Å². The highest BCUT2D eigenvalue weighted by atomic mass is 16.1. The molecule has 3 heterocycles. The van der Waals surface area contributed by atoms with Gasteiger partial charge in [0, 0.05) is 6.54 Å². The van der Waals surface area contributed by atoms with Crippen LogP contribution in [0.2, 0.25) is 0 Å². The Kier molecular flexibility index (Phi) is 3.67. The van der Waals surface area contributed by atoms with E-state index in [4.69, 9.17) is 0 Å². The summed E-state index contributed by atoms with van der Waals surface area (Å²) in [5.41, 5.74) is 1.63. The molecule has 1 saturated heterocycles. The Morgan fingerprint density at radius 2 is 1.87 bits per heavy atom. The van der Waals surface area contributed by atoms with Gasteiger partial charge >= 0.3 is 0 Å². The van der Waals surface area contributed by atoms with Gasteiger partial charge in [0.1, 0.15) is 0 Å². The number of rotatable bonds is 3. The molecule has 1 aliphatic rings. The molecule has 1 aromatic carbocycles. The van der Waals surface area contributed by atoms with Crippen LogP contribution in [0.25, 0.3) is 16.6 Å². The van der Waals surface area contributed by atoms with Crippen LogP contribution in [0.3, 0.4) is 0 Å². The molecule has 1 fully saturated rings. The van der Waals surface area contributed by atoms with Crippen LogP contribution in [0.5, 0.6) is 0 Å². The van der Waals surface area contributed by atoms with Gasteiger partial charge in [0.25, 0.3) is 5.56 Å². The van der Waals surface area contributed by atoms with Crippen LogP contribution >= 0.6 is 0 Å². The lowest BCUT2D eigenvalue weighted by Crippen LogP contribution is -2.33. The van der Waals surface area contributed by atoms with Crippen LogP contribution in [0.15, 0.2) is 47.5 Å². The van der Waals surface area contributed by atoms with Crippen LogP contribution < -0.4 is 10.9 Å². The molecule has 6 heteroatoms. The molecule has 23 heavy (non-hydrogen) atoms. The summed E-state index contributed by atoms with van der Waals surface area (Å²) in [6.45, 7) is 2.73. The Labute approximate surface area is 133 Å². The van der Waals surface area contributed by atoms with Gasteiger partial charge in [0.2, 0.25) is 0 Å². The lowest BCUT2D eigenvalue weighted by atomic mass is 9.98. The van der Waals surface area contributed by atoms with E-state index < -0.39 is 0 Å². The molecule has 0 atom stereocenters. The Hall–Kier alpha value is -2.47. The van der Waals surface area contributed by atoms with Crippen molar-refractivity contribution in [2.45, 2.75) is 19.4 Å². The first-order valence-corrected chi connectivity index (χ1v) is 8.03. The van der Waals surface area contributed by atoms with Gasteiger partial charge in [-0.3, -0.25) is 4.79 Å². The van der Waals surface area contributed by atoms with E-state index in [1.807, 2.05) is 30.3 Å². The van der Waals surface area contributed by atoms with Crippen molar-refractivity contribution in [2.24, 2.45) is 5.92 Å². The van der Waals surface area contributed by atoms with Crippen LogP contribution in [0.1, 0.15) is 12.8 Å². The number of fused-ring (bicyclic) bond motifs is 1. The summed E-state index contributed by atoms with van der Waals surface area (Å²) in [4.78, 5) is 12.7. The Balaban J connectivity index is 1.71. The van der Waals surface area contributed by atoms with Crippen LogP contribution in [-0.2, 0) is 6.54 Å². The molecule has 4 rings (SSSR count). The second-order valence-corrected chi connectivity index (χ2v) is 6.02. The van der Waals surface area contributed by atoms with E-state index in [2.05, 4.69) is 15.5 Å². The summed E-state index contributed by atoms with van der Waals surface area (Å²) in [7, 11) is 0. The number of nitrogens with one attached hydrogen (secondary N) is 1. The molecule has 3 aromatic rings. The van der Waals surface area contributed by atoms with Crippen LogP contribution in [0, 0.1) is 5.92 Å². The molecule has 0 unspecified atom stereocenters. The van der Waals surface area contributed by atoms with Crippen LogP contribution in [0.4, 0.5) is 0 Å². The van der Waals surface area contributed by atoms with Gasteiger partial charge in [-0.05, 0) is 44.0 Å². The van der Waals surface area contributed by atoms with Crippen molar-refractivity contribution < 1.29 is 0 Å². The SMILES string of the molecule is O=c1c2cnn(-c3ccccc3)c2cnn1CC1CCNCC1. The van der Waals surface area contributed by atoms with E-state index in [1.54, 1.807) is 21.8 Å². The van der Waals surface area contributed by atoms with Crippen molar-refractivity contribution in [1.82, 2.24) is 24.9 Å². The smallest absolute Gasteiger partial charge is 0.277 e. The number of piperidine rings is 1. The van der Waals surface area contributed by atoms with Gasteiger partial charge in [-0.1, -0.05) is 18.2 Å². The zero-order valence-electron chi connectivity index (χ0n) is 12.9. The topological polar surface area (TPSA) is 64.7 Å². The number of benzene rings is 1. The van der Waals surface area contributed by atoms with Crippen molar-refractivity contribution in [3.63, 3.8) is 0 Å². The quantitative estimate of drug-likeness (QED) is 0.798. The van der Waals surface area contributed by atoms with Gasteiger partial charge in [0.05, 0.1) is 29.0 Å². The highest BCUT2D eigenvalue weighted by molar-refractivity contribution is 5.78. The Morgan fingerprint density at radius 1 is 1.09 bits per heavy atom. The van der Waals surface area contributed by atoms with Gasteiger partial charge in [0.15, 0.2) is 0 Å². The second kappa shape index (κ2) is 5.96. The minimum Gasteiger partial charge on any atom is -0.317 e. The highest BCUT2D eigenvalue weighted by Gasteiger charge is 2.16. The maximum atomic E-state index is 12.7. The van der Waals surface area contributed by atoms with E-state index in [-0.39, 0.29) is 5.56 Å². The van der Waals surface area contributed by atoms with Gasteiger partial charge in [-0.25, -0.2) is 9.36 Å². The summed E-state index contributed by atoms with van der Waals surface area (Å²) in [6.07, 6.45) is 5.58. The van der Waals surface area contributed by atoms with Gasteiger partial charge in [-0.2, -0.15) is 10.2 Å². The van der Waals surface area contributed by atoms with Crippen molar-refractivity contribution in [3.05, 3.63) is 53.1 Å². The summed E-state index contributed by atoms with van der Waals surface area (Å²) < 4.78 is 3.36. The fraction of sp³-hybridized carbons (Fsp3) is 0.353. The number of para-hydroxylation sites is 1. The standard InChI is InChI=1S/C17H19N5O/c23-17-15-10-20-22(14-4-2-1-3-5-14)16(15)11-19-21(17)12-13-6-8-18-9-7-13/h1-5,10-11,13,18H,6-9,12H2. The van der Waals surface area contributed by atoms with Gasteiger partial charge < -0.3 is 5.32 Å². The molecule has 1 aliphatic heterocycles. The summed E-state index contributed by atoms with van der Waals surface area (Å²) >= 11 is 0. The molecule has 0 amide bonds. The van der Waals surface area contributed by atoms with E-state index in [0.29, 0.717) is 17.8 Å². The predicted octanol–water partition coefficient (Wildman–Crippen LogP) is 1.58. The molecule has 6 nitrogen and oxygen atoms in total. The molecule has 0 spiro atoms. The first kappa shape index (κ1) is 14.1.